The molecule has 1 atom stereocenters. The first-order valence-corrected chi connectivity index (χ1v) is 9.53. The maximum Gasteiger partial charge on any atom is 0.318 e. The number of aromatic nitrogens is 3. The molecule has 0 spiro atoms. The normalized spacial score (nSPS) is 16.3. The summed E-state index contributed by atoms with van der Waals surface area (Å²) in [5, 5.41) is 10.4. The summed E-state index contributed by atoms with van der Waals surface area (Å²) in [6.07, 6.45) is 9.39. The highest BCUT2D eigenvalue weighted by Crippen LogP contribution is 2.25. The van der Waals surface area contributed by atoms with Gasteiger partial charge in [-0.05, 0) is 51.3 Å². The summed E-state index contributed by atoms with van der Waals surface area (Å²) in [6, 6.07) is 4.19. The molecule has 26 heavy (non-hydrogen) atoms. The molecule has 6 nitrogen and oxygen atoms in total. The van der Waals surface area contributed by atoms with E-state index in [1.165, 1.54) is 19.3 Å². The van der Waals surface area contributed by atoms with Gasteiger partial charge in [0.05, 0.1) is 11.7 Å². The first-order valence-electron chi connectivity index (χ1n) is 9.53. The summed E-state index contributed by atoms with van der Waals surface area (Å²) in [4.78, 5) is 19.2. The number of aromatic amines is 1. The quantitative estimate of drug-likeness (QED) is 0.850. The van der Waals surface area contributed by atoms with Crippen molar-refractivity contribution in [3.05, 3.63) is 47.0 Å². The first-order chi connectivity index (χ1) is 12.6. The van der Waals surface area contributed by atoms with Gasteiger partial charge in [-0.15, -0.1) is 0 Å². The fraction of sp³-hybridized carbons (Fsp3) is 0.550. The second kappa shape index (κ2) is 8.34. The van der Waals surface area contributed by atoms with Gasteiger partial charge in [-0.25, -0.2) is 4.79 Å². The number of pyridine rings is 1. The number of carbonyl (C=O) groups is 1. The van der Waals surface area contributed by atoms with Crippen molar-refractivity contribution in [3.63, 3.8) is 0 Å². The fourth-order valence-electron chi connectivity index (χ4n) is 3.98. The van der Waals surface area contributed by atoms with Crippen molar-refractivity contribution < 1.29 is 4.79 Å². The van der Waals surface area contributed by atoms with E-state index in [-0.39, 0.29) is 12.1 Å². The predicted molar refractivity (Wildman–Crippen MR) is 102 cm³/mol. The standard InChI is InChI=1S/C20H29N5O/c1-14(19-15(2)23-24-16(19)3)22-20(26)25(18-7-5-4-6-8-18)13-17-9-11-21-12-10-17/h9-12,14,18H,4-8,13H2,1-3H3,(H,22,26)(H,23,24). The molecule has 0 aliphatic heterocycles. The van der Waals surface area contributed by atoms with Crippen molar-refractivity contribution in [3.8, 4) is 0 Å². The van der Waals surface area contributed by atoms with E-state index in [4.69, 9.17) is 0 Å². The third-order valence-corrected chi connectivity index (χ3v) is 5.34. The van der Waals surface area contributed by atoms with Gasteiger partial charge in [0.15, 0.2) is 0 Å². The van der Waals surface area contributed by atoms with Crippen molar-refractivity contribution in [1.82, 2.24) is 25.4 Å². The Morgan fingerprint density at radius 3 is 2.58 bits per heavy atom. The Morgan fingerprint density at radius 2 is 1.96 bits per heavy atom. The first kappa shape index (κ1) is 18.4. The lowest BCUT2D eigenvalue weighted by molar-refractivity contribution is 0.148. The maximum atomic E-state index is 13.1. The lowest BCUT2D eigenvalue weighted by Crippen LogP contribution is -2.47. The van der Waals surface area contributed by atoms with Gasteiger partial charge in [0, 0.05) is 36.2 Å². The third-order valence-electron chi connectivity index (χ3n) is 5.34. The molecule has 1 unspecified atom stereocenters. The smallest absolute Gasteiger partial charge is 0.318 e. The number of amides is 2. The maximum absolute atomic E-state index is 13.1. The highest BCUT2D eigenvalue weighted by atomic mass is 16.2. The van der Waals surface area contributed by atoms with Gasteiger partial charge < -0.3 is 10.2 Å². The second-order valence-electron chi connectivity index (χ2n) is 7.29. The van der Waals surface area contributed by atoms with E-state index in [1.54, 1.807) is 12.4 Å². The summed E-state index contributed by atoms with van der Waals surface area (Å²) in [7, 11) is 0. The number of aryl methyl sites for hydroxylation is 2. The van der Waals surface area contributed by atoms with Gasteiger partial charge in [0.1, 0.15) is 0 Å². The van der Waals surface area contributed by atoms with E-state index in [2.05, 4.69) is 20.5 Å². The van der Waals surface area contributed by atoms with Gasteiger partial charge in [-0.2, -0.15) is 5.10 Å². The molecular weight excluding hydrogens is 326 g/mol. The van der Waals surface area contributed by atoms with Crippen LogP contribution >= 0.6 is 0 Å². The number of nitrogens with zero attached hydrogens (tertiary/aromatic N) is 3. The Labute approximate surface area is 155 Å². The number of carbonyl (C=O) groups excluding carboxylic acids is 1. The van der Waals surface area contributed by atoms with Crippen LogP contribution in [0.3, 0.4) is 0 Å². The molecule has 2 N–H and O–H groups in total. The molecule has 2 heterocycles. The predicted octanol–water partition coefficient (Wildman–Crippen LogP) is 4.03. The Kier molecular flexibility index (Phi) is 5.91. The topological polar surface area (TPSA) is 73.9 Å². The molecule has 6 heteroatoms. The zero-order valence-corrected chi connectivity index (χ0v) is 16.0. The fourth-order valence-corrected chi connectivity index (χ4v) is 3.98. The molecule has 2 amide bonds. The highest BCUT2D eigenvalue weighted by molar-refractivity contribution is 5.75. The highest BCUT2D eigenvalue weighted by Gasteiger charge is 2.27. The van der Waals surface area contributed by atoms with Crippen molar-refractivity contribution in [1.29, 1.82) is 0 Å². The van der Waals surface area contributed by atoms with E-state index < -0.39 is 0 Å². The zero-order chi connectivity index (χ0) is 18.5. The minimum absolute atomic E-state index is 0.00112. The summed E-state index contributed by atoms with van der Waals surface area (Å²) in [5.74, 6) is 0. The lowest BCUT2D eigenvalue weighted by Gasteiger charge is -2.35. The number of nitrogens with one attached hydrogen (secondary N) is 2. The monoisotopic (exact) mass is 355 g/mol. The van der Waals surface area contributed by atoms with Crippen LogP contribution < -0.4 is 5.32 Å². The van der Waals surface area contributed by atoms with E-state index in [0.717, 1.165) is 35.4 Å². The molecule has 0 saturated heterocycles. The molecule has 1 aliphatic carbocycles. The number of rotatable bonds is 5. The van der Waals surface area contributed by atoms with E-state index in [1.807, 2.05) is 37.8 Å². The average molecular weight is 355 g/mol. The minimum atomic E-state index is -0.0789. The molecule has 140 valence electrons. The second-order valence-corrected chi connectivity index (χ2v) is 7.29. The van der Waals surface area contributed by atoms with Gasteiger partial charge in [-0.1, -0.05) is 19.3 Å². The molecule has 2 aromatic rings. The van der Waals surface area contributed by atoms with Crippen LogP contribution in [-0.4, -0.2) is 32.2 Å². The van der Waals surface area contributed by atoms with E-state index in [0.29, 0.717) is 12.6 Å². The Bertz CT molecular complexity index is 702. The van der Waals surface area contributed by atoms with Crippen molar-refractivity contribution >= 4 is 6.03 Å². The summed E-state index contributed by atoms with van der Waals surface area (Å²) in [5.41, 5.74) is 4.14. The van der Waals surface area contributed by atoms with Gasteiger partial charge in [0.25, 0.3) is 0 Å². The van der Waals surface area contributed by atoms with Crippen LogP contribution in [0.2, 0.25) is 0 Å². The summed E-state index contributed by atoms with van der Waals surface area (Å²) >= 11 is 0. The van der Waals surface area contributed by atoms with Crippen LogP contribution in [-0.2, 0) is 6.54 Å². The molecule has 0 radical (unpaired) electrons. The average Bonchev–Trinajstić information content (AvgIpc) is 2.99. The van der Waals surface area contributed by atoms with Gasteiger partial charge >= 0.3 is 6.03 Å². The van der Waals surface area contributed by atoms with Gasteiger partial charge in [0.2, 0.25) is 0 Å². The van der Waals surface area contributed by atoms with Crippen LogP contribution in [0.15, 0.2) is 24.5 Å². The minimum Gasteiger partial charge on any atom is -0.331 e. The molecule has 3 rings (SSSR count). The van der Waals surface area contributed by atoms with Crippen LogP contribution in [0.5, 0.6) is 0 Å². The van der Waals surface area contributed by atoms with E-state index >= 15 is 0 Å². The number of hydrogen-bond donors (Lipinski definition) is 2. The molecular formula is C20H29N5O. The zero-order valence-electron chi connectivity index (χ0n) is 16.0. The molecule has 1 saturated carbocycles. The largest absolute Gasteiger partial charge is 0.331 e. The van der Waals surface area contributed by atoms with Crippen LogP contribution in [0, 0.1) is 13.8 Å². The van der Waals surface area contributed by atoms with Crippen LogP contribution in [0.1, 0.15) is 67.6 Å². The molecule has 1 aliphatic rings. The molecule has 0 aromatic carbocycles. The summed E-state index contributed by atoms with van der Waals surface area (Å²) in [6.45, 7) is 6.61. The number of urea groups is 1. The third kappa shape index (κ3) is 4.23. The van der Waals surface area contributed by atoms with Crippen molar-refractivity contribution in [2.45, 2.75) is 71.5 Å². The van der Waals surface area contributed by atoms with E-state index in [9.17, 15) is 4.79 Å². The van der Waals surface area contributed by atoms with Crippen molar-refractivity contribution in [2.24, 2.45) is 0 Å². The van der Waals surface area contributed by atoms with Crippen LogP contribution in [0.25, 0.3) is 0 Å². The number of hydrogen-bond acceptors (Lipinski definition) is 3. The number of H-pyrrole nitrogens is 1. The Morgan fingerprint density at radius 1 is 1.27 bits per heavy atom. The SMILES string of the molecule is Cc1n[nH]c(C)c1C(C)NC(=O)N(Cc1ccncc1)C1CCCCC1. The Balaban J connectivity index is 1.75. The van der Waals surface area contributed by atoms with Crippen LogP contribution in [0.4, 0.5) is 4.79 Å². The molecule has 1 fully saturated rings. The molecule has 0 bridgehead atoms. The molecule has 2 aromatic heterocycles. The Hall–Kier alpha value is -2.37. The van der Waals surface area contributed by atoms with Gasteiger partial charge in [-0.3, -0.25) is 10.1 Å². The lowest BCUT2D eigenvalue weighted by atomic mass is 9.94. The summed E-state index contributed by atoms with van der Waals surface area (Å²) < 4.78 is 0. The van der Waals surface area contributed by atoms with Crippen molar-refractivity contribution in [2.75, 3.05) is 0 Å².